The van der Waals surface area contributed by atoms with Crippen LogP contribution in [0.2, 0.25) is 0 Å². The lowest BCUT2D eigenvalue weighted by atomic mass is 9.47. The van der Waals surface area contributed by atoms with E-state index < -0.39 is 10.1 Å². The van der Waals surface area contributed by atoms with Gasteiger partial charge in [-0.1, -0.05) is 65.5 Å². The molecule has 9 atom stereocenters. The van der Waals surface area contributed by atoms with E-state index in [0.717, 1.165) is 67.8 Å². The molecule has 0 aliphatic heterocycles. The molecule has 0 aromatic heterocycles. The zero-order valence-electron chi connectivity index (χ0n) is 27.5. The predicted molar refractivity (Wildman–Crippen MR) is 171 cm³/mol. The van der Waals surface area contributed by atoms with Crippen molar-refractivity contribution >= 4 is 10.1 Å². The Labute approximate surface area is 253 Å². The van der Waals surface area contributed by atoms with Crippen molar-refractivity contribution in [2.75, 3.05) is 26.5 Å². The molecule has 41 heavy (non-hydrogen) atoms. The molecule has 3 fully saturated rings. The molecule has 0 spiro atoms. The molecule has 4 aliphatic carbocycles. The summed E-state index contributed by atoms with van der Waals surface area (Å²) in [5.41, 5.74) is 2.60. The number of hydrogen-bond acceptors (Lipinski definition) is 4. The molecule has 0 amide bonds. The third-order valence-electron chi connectivity index (χ3n) is 12.7. The summed E-state index contributed by atoms with van der Waals surface area (Å²) in [5.74, 6) is 5.07. The molecule has 6 heteroatoms. The largest absolute Gasteiger partial charge is 0.378 e. The van der Waals surface area contributed by atoms with Gasteiger partial charge >= 0.3 is 0 Å². The summed E-state index contributed by atoms with van der Waals surface area (Å²) in [6, 6.07) is 0.142. The fourth-order valence-corrected chi connectivity index (χ4v) is 10.9. The average molecular weight is 594 g/mol. The Morgan fingerprint density at radius 1 is 0.976 bits per heavy atom. The van der Waals surface area contributed by atoms with Crippen LogP contribution in [0.3, 0.4) is 0 Å². The first-order valence-electron chi connectivity index (χ1n) is 17.2. The van der Waals surface area contributed by atoms with Crippen molar-refractivity contribution in [3.05, 3.63) is 11.6 Å². The van der Waals surface area contributed by atoms with Gasteiger partial charge in [0.15, 0.2) is 0 Å². The van der Waals surface area contributed by atoms with Crippen LogP contribution < -0.4 is 0 Å². The highest BCUT2D eigenvalue weighted by atomic mass is 32.2. The molecule has 1 unspecified atom stereocenters. The van der Waals surface area contributed by atoms with Crippen LogP contribution in [0, 0.1) is 46.3 Å². The SMILES string of the molecule is CC(C)CCC[C@@H](C)[C@H]1CC[C@H]2[C@@H]3CC=C4C[C@@H](OCCCC(CCS(=O)(=O)O)N(C)C)CC[C@]4(C)[C@H]3CC[C@]12C. The third kappa shape index (κ3) is 7.81. The van der Waals surface area contributed by atoms with Crippen LogP contribution in [0.1, 0.15) is 125 Å². The maximum absolute atomic E-state index is 11.2. The summed E-state index contributed by atoms with van der Waals surface area (Å²) in [4.78, 5) is 2.07. The van der Waals surface area contributed by atoms with Gasteiger partial charge in [-0.25, -0.2) is 0 Å². The number of fused-ring (bicyclic) bond motifs is 5. The molecule has 0 heterocycles. The van der Waals surface area contributed by atoms with E-state index in [4.69, 9.17) is 9.29 Å². The van der Waals surface area contributed by atoms with Crippen LogP contribution in [0.25, 0.3) is 0 Å². The summed E-state index contributed by atoms with van der Waals surface area (Å²) in [7, 11) is 0.0494. The van der Waals surface area contributed by atoms with E-state index >= 15 is 0 Å². The monoisotopic (exact) mass is 593 g/mol. The Bertz CT molecular complexity index is 992. The van der Waals surface area contributed by atoms with Crippen LogP contribution in [-0.2, 0) is 14.9 Å². The van der Waals surface area contributed by atoms with Gasteiger partial charge in [-0.2, -0.15) is 8.42 Å². The zero-order chi connectivity index (χ0) is 30.0. The van der Waals surface area contributed by atoms with E-state index in [1.165, 1.54) is 57.8 Å². The summed E-state index contributed by atoms with van der Waals surface area (Å²) in [6.45, 7) is 13.3. The second-order valence-corrected chi connectivity index (χ2v) is 17.4. The standard InChI is InChI=1S/C35H63NO4S/c1-25(2)10-8-11-26(3)31-15-16-32-30-14-13-27-24-29(17-20-34(27,4)33(30)18-21-35(31,32)5)40-22-9-12-28(36(6)7)19-23-41(37,38)39/h13,25-26,28-33H,8-12,14-24H2,1-7H3,(H,37,38,39)/t26-,28?,29+,30+,31-,32+,33+,34+,35-/m1/s1. The quantitative estimate of drug-likeness (QED) is 0.124. The van der Waals surface area contributed by atoms with Gasteiger partial charge < -0.3 is 9.64 Å². The second-order valence-electron chi connectivity index (χ2n) is 15.9. The van der Waals surface area contributed by atoms with Crippen molar-refractivity contribution in [2.24, 2.45) is 46.3 Å². The molecule has 4 aliphatic rings. The van der Waals surface area contributed by atoms with Crippen molar-refractivity contribution in [2.45, 2.75) is 137 Å². The molecule has 0 aromatic rings. The minimum Gasteiger partial charge on any atom is -0.378 e. The molecule has 1 N–H and O–H groups in total. The van der Waals surface area contributed by atoms with E-state index in [-0.39, 0.29) is 11.8 Å². The number of rotatable bonds is 14. The predicted octanol–water partition coefficient (Wildman–Crippen LogP) is 8.40. The first-order chi connectivity index (χ1) is 19.2. The van der Waals surface area contributed by atoms with Gasteiger partial charge in [-0.3, -0.25) is 4.55 Å². The number of allylic oxidation sites excluding steroid dienone is 1. The highest BCUT2D eigenvalue weighted by molar-refractivity contribution is 7.85. The fourth-order valence-electron chi connectivity index (χ4n) is 10.3. The summed E-state index contributed by atoms with van der Waals surface area (Å²) >= 11 is 0. The van der Waals surface area contributed by atoms with Gasteiger partial charge in [-0.05, 0) is 131 Å². The molecular formula is C35H63NO4S. The minimum atomic E-state index is -3.91. The highest BCUT2D eigenvalue weighted by Crippen LogP contribution is 2.67. The van der Waals surface area contributed by atoms with E-state index in [0.29, 0.717) is 23.4 Å². The smallest absolute Gasteiger partial charge is 0.264 e. The summed E-state index contributed by atoms with van der Waals surface area (Å²) in [5, 5.41) is 0. The van der Waals surface area contributed by atoms with E-state index in [1.807, 2.05) is 14.1 Å². The fraction of sp³-hybridized carbons (Fsp3) is 0.943. The van der Waals surface area contributed by atoms with Gasteiger partial charge in [0.2, 0.25) is 0 Å². The molecule has 0 bridgehead atoms. The van der Waals surface area contributed by atoms with Crippen molar-refractivity contribution < 1.29 is 17.7 Å². The Morgan fingerprint density at radius 3 is 2.41 bits per heavy atom. The maximum Gasteiger partial charge on any atom is 0.264 e. The molecule has 3 saturated carbocycles. The van der Waals surface area contributed by atoms with Crippen molar-refractivity contribution in [3.63, 3.8) is 0 Å². The molecule has 238 valence electrons. The zero-order valence-corrected chi connectivity index (χ0v) is 28.4. The van der Waals surface area contributed by atoms with Gasteiger partial charge in [-0.15, -0.1) is 0 Å². The lowest BCUT2D eigenvalue weighted by molar-refractivity contribution is -0.0642. The molecule has 4 rings (SSSR count). The number of ether oxygens (including phenoxy) is 1. The Balaban J connectivity index is 1.30. The van der Waals surface area contributed by atoms with Gasteiger partial charge in [0.1, 0.15) is 0 Å². The minimum absolute atomic E-state index is 0.142. The van der Waals surface area contributed by atoms with Crippen molar-refractivity contribution in [1.29, 1.82) is 0 Å². The highest BCUT2D eigenvalue weighted by Gasteiger charge is 2.59. The van der Waals surface area contributed by atoms with Crippen molar-refractivity contribution in [1.82, 2.24) is 4.90 Å². The average Bonchev–Trinajstić information content (AvgIpc) is 3.24. The lowest BCUT2D eigenvalue weighted by Crippen LogP contribution is -2.51. The van der Waals surface area contributed by atoms with Crippen LogP contribution in [0.15, 0.2) is 11.6 Å². The molecular weight excluding hydrogens is 530 g/mol. The van der Waals surface area contributed by atoms with Crippen molar-refractivity contribution in [3.8, 4) is 0 Å². The van der Waals surface area contributed by atoms with E-state index in [9.17, 15) is 8.42 Å². The normalized spacial score (nSPS) is 36.9. The molecule has 5 nitrogen and oxygen atoms in total. The first-order valence-corrected chi connectivity index (χ1v) is 18.8. The Morgan fingerprint density at radius 2 is 1.73 bits per heavy atom. The van der Waals surface area contributed by atoms with Crippen LogP contribution in [0.5, 0.6) is 0 Å². The molecule has 0 aromatic carbocycles. The second kappa shape index (κ2) is 13.7. The number of hydrogen-bond donors (Lipinski definition) is 1. The van der Waals surface area contributed by atoms with Gasteiger partial charge in [0, 0.05) is 12.6 Å². The Hall–Kier alpha value is -0.430. The third-order valence-corrected chi connectivity index (χ3v) is 13.5. The van der Waals surface area contributed by atoms with Crippen LogP contribution in [0.4, 0.5) is 0 Å². The lowest BCUT2D eigenvalue weighted by Gasteiger charge is -2.58. The topological polar surface area (TPSA) is 66.8 Å². The van der Waals surface area contributed by atoms with Gasteiger partial charge in [0.05, 0.1) is 11.9 Å². The van der Waals surface area contributed by atoms with Crippen LogP contribution in [-0.4, -0.2) is 56.5 Å². The maximum atomic E-state index is 11.2. The van der Waals surface area contributed by atoms with Crippen LogP contribution >= 0.6 is 0 Å². The first kappa shape index (κ1) is 33.5. The molecule has 0 radical (unpaired) electrons. The summed E-state index contributed by atoms with van der Waals surface area (Å²) < 4.78 is 38.0. The number of nitrogens with zero attached hydrogens (tertiary/aromatic N) is 1. The van der Waals surface area contributed by atoms with Gasteiger partial charge in [0.25, 0.3) is 10.1 Å². The van der Waals surface area contributed by atoms with E-state index in [2.05, 4.69) is 45.6 Å². The molecule has 0 saturated heterocycles. The Kier molecular flexibility index (Phi) is 11.2. The van der Waals surface area contributed by atoms with E-state index in [1.54, 1.807) is 5.57 Å². The summed E-state index contributed by atoms with van der Waals surface area (Å²) in [6.07, 6.45) is 20.0.